The molecular formula is C20H25NO. The molecule has 1 atom stereocenters. The molecule has 0 aliphatic heterocycles. The molecule has 0 unspecified atom stereocenters. The van der Waals surface area contributed by atoms with Crippen LogP contribution in [0.15, 0.2) is 54.6 Å². The molecule has 0 saturated heterocycles. The molecule has 0 aliphatic carbocycles. The number of hydrogen-bond donors (Lipinski definition) is 1. The summed E-state index contributed by atoms with van der Waals surface area (Å²) in [6.45, 7) is 4.21. The third-order valence-electron chi connectivity index (χ3n) is 3.91. The molecule has 0 aliphatic rings. The molecule has 1 amide bonds. The van der Waals surface area contributed by atoms with Gasteiger partial charge in [-0.15, -0.1) is 0 Å². The zero-order chi connectivity index (χ0) is 15.8. The molecule has 2 heteroatoms. The van der Waals surface area contributed by atoms with Crippen molar-refractivity contribution in [2.45, 2.75) is 45.6 Å². The monoisotopic (exact) mass is 295 g/mol. The third-order valence-corrected chi connectivity index (χ3v) is 3.91. The van der Waals surface area contributed by atoms with Crippen LogP contribution in [0.5, 0.6) is 0 Å². The van der Waals surface area contributed by atoms with Crippen LogP contribution < -0.4 is 5.32 Å². The van der Waals surface area contributed by atoms with Crippen molar-refractivity contribution >= 4 is 5.91 Å². The molecule has 0 bridgehead atoms. The molecule has 2 nitrogen and oxygen atoms in total. The van der Waals surface area contributed by atoms with Crippen LogP contribution in [0.1, 0.15) is 37.0 Å². The number of hydrogen-bond acceptors (Lipinski definition) is 1. The van der Waals surface area contributed by atoms with E-state index in [0.29, 0.717) is 6.42 Å². The summed E-state index contributed by atoms with van der Waals surface area (Å²) >= 11 is 0. The quantitative estimate of drug-likeness (QED) is 0.824. The Morgan fingerprint density at radius 2 is 1.59 bits per heavy atom. The molecular weight excluding hydrogens is 270 g/mol. The highest BCUT2D eigenvalue weighted by Gasteiger charge is 2.08. The van der Waals surface area contributed by atoms with Crippen molar-refractivity contribution in [1.29, 1.82) is 0 Å². The molecule has 0 fully saturated rings. The van der Waals surface area contributed by atoms with Gasteiger partial charge in [0.2, 0.25) is 5.91 Å². The smallest absolute Gasteiger partial charge is 0.224 e. The second-order valence-corrected chi connectivity index (χ2v) is 5.84. The summed E-state index contributed by atoms with van der Waals surface area (Å²) in [4.78, 5) is 12.1. The second-order valence-electron chi connectivity index (χ2n) is 5.84. The summed E-state index contributed by atoms with van der Waals surface area (Å²) in [5.74, 6) is 0.102. The van der Waals surface area contributed by atoms with Gasteiger partial charge in [-0.1, -0.05) is 61.5 Å². The normalized spacial score (nSPS) is 11.9. The van der Waals surface area contributed by atoms with Crippen molar-refractivity contribution < 1.29 is 4.79 Å². The van der Waals surface area contributed by atoms with Gasteiger partial charge in [0.25, 0.3) is 0 Å². The maximum Gasteiger partial charge on any atom is 0.224 e. The summed E-state index contributed by atoms with van der Waals surface area (Å²) in [6.07, 6.45) is 3.45. The summed E-state index contributed by atoms with van der Waals surface area (Å²) in [6, 6.07) is 18.9. The molecule has 0 heterocycles. The Morgan fingerprint density at radius 3 is 2.23 bits per heavy atom. The van der Waals surface area contributed by atoms with Crippen LogP contribution in [0.25, 0.3) is 0 Å². The lowest BCUT2D eigenvalue weighted by Crippen LogP contribution is -2.34. The Hall–Kier alpha value is -2.09. The number of benzene rings is 2. The SMILES string of the molecule is CCc1ccc(CC(=O)N[C@@H](C)CCc2ccccc2)cc1. The number of amides is 1. The van der Waals surface area contributed by atoms with Crippen molar-refractivity contribution in [3.05, 3.63) is 71.3 Å². The van der Waals surface area contributed by atoms with Gasteiger partial charge in [0.1, 0.15) is 0 Å². The Bertz CT molecular complexity index is 574. The molecule has 0 saturated carbocycles. The molecule has 2 rings (SSSR count). The van der Waals surface area contributed by atoms with Crippen LogP contribution in [0.2, 0.25) is 0 Å². The summed E-state index contributed by atoms with van der Waals surface area (Å²) in [5, 5.41) is 3.09. The fourth-order valence-corrected chi connectivity index (χ4v) is 2.50. The first-order valence-electron chi connectivity index (χ1n) is 8.08. The van der Waals surface area contributed by atoms with Gasteiger partial charge in [-0.05, 0) is 42.9 Å². The topological polar surface area (TPSA) is 29.1 Å². The maximum absolute atomic E-state index is 12.1. The van der Waals surface area contributed by atoms with Gasteiger partial charge in [-0.3, -0.25) is 4.79 Å². The molecule has 116 valence electrons. The average molecular weight is 295 g/mol. The lowest BCUT2D eigenvalue weighted by molar-refractivity contribution is -0.121. The van der Waals surface area contributed by atoms with E-state index < -0.39 is 0 Å². The van der Waals surface area contributed by atoms with Crippen LogP contribution in [0, 0.1) is 0 Å². The number of carbonyl (C=O) groups excluding carboxylic acids is 1. The van der Waals surface area contributed by atoms with Gasteiger partial charge >= 0.3 is 0 Å². The summed E-state index contributed by atoms with van der Waals surface area (Å²) < 4.78 is 0. The number of rotatable bonds is 7. The van der Waals surface area contributed by atoms with E-state index in [9.17, 15) is 4.79 Å². The third kappa shape index (κ3) is 5.36. The van der Waals surface area contributed by atoms with Crippen molar-refractivity contribution in [1.82, 2.24) is 5.32 Å². The van der Waals surface area contributed by atoms with E-state index in [2.05, 4.69) is 55.6 Å². The Balaban J connectivity index is 1.75. The average Bonchev–Trinajstić information content (AvgIpc) is 2.54. The van der Waals surface area contributed by atoms with Gasteiger partial charge in [-0.2, -0.15) is 0 Å². The number of carbonyl (C=O) groups is 1. The molecule has 0 aromatic heterocycles. The molecule has 2 aromatic rings. The first-order chi connectivity index (χ1) is 10.7. The largest absolute Gasteiger partial charge is 0.353 e. The van der Waals surface area contributed by atoms with Crippen molar-refractivity contribution in [2.24, 2.45) is 0 Å². The van der Waals surface area contributed by atoms with E-state index in [-0.39, 0.29) is 11.9 Å². The number of aryl methyl sites for hydroxylation is 2. The fourth-order valence-electron chi connectivity index (χ4n) is 2.50. The van der Waals surface area contributed by atoms with Gasteiger partial charge in [0.05, 0.1) is 6.42 Å². The first kappa shape index (κ1) is 16.3. The van der Waals surface area contributed by atoms with Gasteiger partial charge < -0.3 is 5.32 Å². The van der Waals surface area contributed by atoms with Crippen molar-refractivity contribution in [3.8, 4) is 0 Å². The molecule has 0 radical (unpaired) electrons. The Labute approximate surface area is 133 Å². The summed E-state index contributed by atoms with van der Waals surface area (Å²) in [7, 11) is 0. The van der Waals surface area contributed by atoms with E-state index >= 15 is 0 Å². The zero-order valence-electron chi connectivity index (χ0n) is 13.5. The van der Waals surface area contributed by atoms with E-state index in [1.807, 2.05) is 18.2 Å². The van der Waals surface area contributed by atoms with Crippen LogP contribution in [-0.2, 0) is 24.1 Å². The minimum atomic E-state index is 0.102. The van der Waals surface area contributed by atoms with Gasteiger partial charge in [0.15, 0.2) is 0 Å². The van der Waals surface area contributed by atoms with E-state index in [0.717, 1.165) is 24.8 Å². The Kier molecular flexibility index (Phi) is 6.20. The number of nitrogens with one attached hydrogen (secondary N) is 1. The van der Waals surface area contributed by atoms with Gasteiger partial charge in [-0.25, -0.2) is 0 Å². The predicted molar refractivity (Wildman–Crippen MR) is 91.9 cm³/mol. The zero-order valence-corrected chi connectivity index (χ0v) is 13.5. The van der Waals surface area contributed by atoms with Crippen LogP contribution in [-0.4, -0.2) is 11.9 Å². The molecule has 1 N–H and O–H groups in total. The van der Waals surface area contributed by atoms with E-state index in [4.69, 9.17) is 0 Å². The molecule has 0 spiro atoms. The van der Waals surface area contributed by atoms with Crippen molar-refractivity contribution in [2.75, 3.05) is 0 Å². The minimum absolute atomic E-state index is 0.102. The molecule has 22 heavy (non-hydrogen) atoms. The summed E-state index contributed by atoms with van der Waals surface area (Å²) in [5.41, 5.74) is 3.70. The lowest BCUT2D eigenvalue weighted by atomic mass is 10.1. The van der Waals surface area contributed by atoms with Crippen molar-refractivity contribution in [3.63, 3.8) is 0 Å². The Morgan fingerprint density at radius 1 is 0.955 bits per heavy atom. The molecule has 2 aromatic carbocycles. The second kappa shape index (κ2) is 8.38. The maximum atomic E-state index is 12.1. The first-order valence-corrected chi connectivity index (χ1v) is 8.08. The van der Waals surface area contributed by atoms with Crippen LogP contribution in [0.3, 0.4) is 0 Å². The van der Waals surface area contributed by atoms with Crippen LogP contribution >= 0.6 is 0 Å². The standard InChI is InChI=1S/C20H25NO/c1-3-17-11-13-19(14-12-17)15-20(22)21-16(2)9-10-18-7-5-4-6-8-18/h4-8,11-14,16H,3,9-10,15H2,1-2H3,(H,21,22)/t16-/m0/s1. The van der Waals surface area contributed by atoms with Gasteiger partial charge in [0, 0.05) is 6.04 Å². The highest BCUT2D eigenvalue weighted by atomic mass is 16.1. The lowest BCUT2D eigenvalue weighted by Gasteiger charge is -2.14. The highest BCUT2D eigenvalue weighted by Crippen LogP contribution is 2.07. The minimum Gasteiger partial charge on any atom is -0.353 e. The van der Waals surface area contributed by atoms with E-state index in [1.165, 1.54) is 11.1 Å². The van der Waals surface area contributed by atoms with E-state index in [1.54, 1.807) is 0 Å². The fraction of sp³-hybridized carbons (Fsp3) is 0.350. The van der Waals surface area contributed by atoms with Crippen LogP contribution in [0.4, 0.5) is 0 Å². The highest BCUT2D eigenvalue weighted by molar-refractivity contribution is 5.78. The predicted octanol–water partition coefficient (Wildman–Crippen LogP) is 3.93.